The summed E-state index contributed by atoms with van der Waals surface area (Å²) in [4.78, 5) is 4.53. The number of nitrogens with zero attached hydrogens (tertiary/aromatic N) is 2. The summed E-state index contributed by atoms with van der Waals surface area (Å²) in [5, 5.41) is 4.76. The molecule has 1 aromatic carbocycles. The zero-order valence-electron chi connectivity index (χ0n) is 12.0. The molecule has 2 heterocycles. The average molecular weight is 277 g/mol. The molecule has 0 spiro atoms. The number of fused-ring (bicyclic) bond motifs is 1. The third-order valence-electron chi connectivity index (χ3n) is 4.05. The predicted octanol–water partition coefficient (Wildman–Crippen LogP) is 3.34. The Balaban J connectivity index is 1.53. The fourth-order valence-electron chi connectivity index (χ4n) is 2.73. The van der Waals surface area contributed by atoms with Crippen LogP contribution in [0.25, 0.3) is 10.9 Å². The molecule has 3 heteroatoms. The molecule has 0 saturated heterocycles. The van der Waals surface area contributed by atoms with Crippen molar-refractivity contribution in [3.8, 4) is 0 Å². The molecule has 0 aliphatic heterocycles. The summed E-state index contributed by atoms with van der Waals surface area (Å²) in [6.07, 6.45) is 8.93. The van der Waals surface area contributed by atoms with Gasteiger partial charge in [-0.15, -0.1) is 0 Å². The predicted molar refractivity (Wildman–Crippen MR) is 85.1 cm³/mol. The van der Waals surface area contributed by atoms with E-state index >= 15 is 0 Å². The van der Waals surface area contributed by atoms with Gasteiger partial charge in [-0.2, -0.15) is 0 Å². The molecule has 1 aliphatic rings. The van der Waals surface area contributed by atoms with Gasteiger partial charge in [-0.05, 0) is 36.1 Å². The molecule has 1 aliphatic carbocycles. The van der Waals surface area contributed by atoms with Gasteiger partial charge in [0.2, 0.25) is 0 Å². The molecule has 2 aromatic heterocycles. The standard InChI is InChI=1S/C18H19N3/c1-3-15-5-2-9-19-18(15)16(4-1)13-21-10-8-14(12-21)11-20-17-6-7-17/h1-5,8-10,12,17,20H,6-7,11,13H2. The molecule has 0 unspecified atom stereocenters. The Labute approximate surface area is 124 Å². The topological polar surface area (TPSA) is 29.9 Å². The third kappa shape index (κ3) is 2.83. The minimum Gasteiger partial charge on any atom is -0.349 e. The fraction of sp³-hybridized carbons (Fsp3) is 0.278. The average Bonchev–Trinajstić information content (AvgIpc) is 3.25. The van der Waals surface area contributed by atoms with E-state index in [1.54, 1.807) is 0 Å². The molecule has 0 atom stereocenters. The summed E-state index contributed by atoms with van der Waals surface area (Å²) >= 11 is 0. The van der Waals surface area contributed by atoms with Crippen LogP contribution in [0.1, 0.15) is 24.0 Å². The smallest absolute Gasteiger partial charge is 0.0751 e. The summed E-state index contributed by atoms with van der Waals surface area (Å²) in [5.41, 5.74) is 3.73. The van der Waals surface area contributed by atoms with E-state index in [1.165, 1.54) is 29.4 Å². The van der Waals surface area contributed by atoms with Crippen molar-refractivity contribution in [1.82, 2.24) is 14.9 Å². The Morgan fingerprint density at radius 1 is 1.14 bits per heavy atom. The molecule has 106 valence electrons. The summed E-state index contributed by atoms with van der Waals surface area (Å²) in [5.74, 6) is 0. The molecular weight excluding hydrogens is 258 g/mol. The normalized spacial score (nSPS) is 14.7. The Morgan fingerprint density at radius 2 is 2.05 bits per heavy atom. The second kappa shape index (κ2) is 5.34. The van der Waals surface area contributed by atoms with Gasteiger partial charge in [-0.1, -0.05) is 24.3 Å². The first-order valence-electron chi connectivity index (χ1n) is 7.59. The number of para-hydroxylation sites is 1. The van der Waals surface area contributed by atoms with Crippen LogP contribution in [0.4, 0.5) is 0 Å². The first-order valence-corrected chi connectivity index (χ1v) is 7.59. The molecule has 0 amide bonds. The maximum absolute atomic E-state index is 4.53. The van der Waals surface area contributed by atoms with E-state index in [9.17, 15) is 0 Å². The minimum atomic E-state index is 0.760. The van der Waals surface area contributed by atoms with E-state index < -0.39 is 0 Å². The van der Waals surface area contributed by atoms with Crippen molar-refractivity contribution in [1.29, 1.82) is 0 Å². The molecule has 1 N–H and O–H groups in total. The second-order valence-corrected chi connectivity index (χ2v) is 5.84. The molecule has 0 bridgehead atoms. The summed E-state index contributed by atoms with van der Waals surface area (Å²) in [6, 6.07) is 13.5. The van der Waals surface area contributed by atoms with Crippen LogP contribution in [-0.4, -0.2) is 15.6 Å². The fourth-order valence-corrected chi connectivity index (χ4v) is 2.73. The lowest BCUT2D eigenvalue weighted by molar-refractivity contribution is 0.685. The molecule has 1 saturated carbocycles. The van der Waals surface area contributed by atoms with Crippen molar-refractivity contribution >= 4 is 10.9 Å². The lowest BCUT2D eigenvalue weighted by Crippen LogP contribution is -2.14. The van der Waals surface area contributed by atoms with Gasteiger partial charge in [0.1, 0.15) is 0 Å². The van der Waals surface area contributed by atoms with Gasteiger partial charge in [-0.3, -0.25) is 4.98 Å². The van der Waals surface area contributed by atoms with Crippen LogP contribution in [0.5, 0.6) is 0 Å². The van der Waals surface area contributed by atoms with E-state index in [4.69, 9.17) is 0 Å². The van der Waals surface area contributed by atoms with Gasteiger partial charge in [0.25, 0.3) is 0 Å². The third-order valence-corrected chi connectivity index (χ3v) is 4.05. The Kier molecular flexibility index (Phi) is 3.20. The zero-order chi connectivity index (χ0) is 14.1. The second-order valence-electron chi connectivity index (χ2n) is 5.84. The van der Waals surface area contributed by atoms with Crippen LogP contribution >= 0.6 is 0 Å². The van der Waals surface area contributed by atoms with Crippen molar-refractivity contribution in [3.05, 3.63) is 66.1 Å². The lowest BCUT2D eigenvalue weighted by Gasteiger charge is -2.07. The monoisotopic (exact) mass is 277 g/mol. The molecule has 0 radical (unpaired) electrons. The first-order chi connectivity index (χ1) is 10.4. The van der Waals surface area contributed by atoms with E-state index in [2.05, 4.69) is 57.6 Å². The van der Waals surface area contributed by atoms with E-state index in [0.717, 1.165) is 24.6 Å². The number of hydrogen-bond donors (Lipinski definition) is 1. The van der Waals surface area contributed by atoms with Gasteiger partial charge in [-0.25, -0.2) is 0 Å². The SMILES string of the molecule is c1cnc2c(Cn3ccc(CNC4CC4)c3)cccc2c1. The molecular formula is C18H19N3. The van der Waals surface area contributed by atoms with Gasteiger partial charge in [0, 0.05) is 43.1 Å². The summed E-state index contributed by atoms with van der Waals surface area (Å²) < 4.78 is 2.24. The molecule has 3 aromatic rings. The van der Waals surface area contributed by atoms with Crippen LogP contribution in [0.3, 0.4) is 0 Å². The summed E-state index contributed by atoms with van der Waals surface area (Å²) in [6.45, 7) is 1.85. The highest BCUT2D eigenvalue weighted by Gasteiger charge is 2.19. The molecule has 4 rings (SSSR count). The first kappa shape index (κ1) is 12.6. The number of rotatable bonds is 5. The van der Waals surface area contributed by atoms with Crippen LogP contribution < -0.4 is 5.32 Å². The van der Waals surface area contributed by atoms with Crippen molar-refractivity contribution in [3.63, 3.8) is 0 Å². The van der Waals surface area contributed by atoms with E-state index in [1.807, 2.05) is 12.3 Å². The van der Waals surface area contributed by atoms with Crippen molar-refractivity contribution < 1.29 is 0 Å². The van der Waals surface area contributed by atoms with Crippen LogP contribution in [0, 0.1) is 0 Å². The van der Waals surface area contributed by atoms with Crippen LogP contribution in [0.2, 0.25) is 0 Å². The minimum absolute atomic E-state index is 0.760. The quantitative estimate of drug-likeness (QED) is 0.775. The van der Waals surface area contributed by atoms with Gasteiger partial charge >= 0.3 is 0 Å². The van der Waals surface area contributed by atoms with Crippen molar-refractivity contribution in [2.24, 2.45) is 0 Å². The van der Waals surface area contributed by atoms with Crippen molar-refractivity contribution in [2.75, 3.05) is 0 Å². The highest BCUT2D eigenvalue weighted by molar-refractivity contribution is 5.81. The number of hydrogen-bond acceptors (Lipinski definition) is 2. The molecule has 1 fully saturated rings. The maximum Gasteiger partial charge on any atom is 0.0751 e. The highest BCUT2D eigenvalue weighted by Crippen LogP contribution is 2.20. The van der Waals surface area contributed by atoms with Gasteiger partial charge < -0.3 is 9.88 Å². The Hall–Kier alpha value is -2.13. The summed E-state index contributed by atoms with van der Waals surface area (Å²) in [7, 11) is 0. The maximum atomic E-state index is 4.53. The number of benzene rings is 1. The Bertz CT molecular complexity index is 751. The van der Waals surface area contributed by atoms with Crippen LogP contribution in [0.15, 0.2) is 55.0 Å². The number of nitrogens with one attached hydrogen (secondary N) is 1. The Morgan fingerprint density at radius 3 is 2.95 bits per heavy atom. The largest absolute Gasteiger partial charge is 0.349 e. The molecule has 3 nitrogen and oxygen atoms in total. The van der Waals surface area contributed by atoms with E-state index in [0.29, 0.717) is 0 Å². The van der Waals surface area contributed by atoms with E-state index in [-0.39, 0.29) is 0 Å². The van der Waals surface area contributed by atoms with Crippen molar-refractivity contribution in [2.45, 2.75) is 32.0 Å². The van der Waals surface area contributed by atoms with Gasteiger partial charge in [0.15, 0.2) is 0 Å². The zero-order valence-corrected chi connectivity index (χ0v) is 12.0. The lowest BCUT2D eigenvalue weighted by atomic mass is 10.1. The number of pyridine rings is 1. The van der Waals surface area contributed by atoms with Crippen LogP contribution in [-0.2, 0) is 13.1 Å². The van der Waals surface area contributed by atoms with Gasteiger partial charge in [0.05, 0.1) is 5.52 Å². The number of aromatic nitrogens is 2. The highest BCUT2D eigenvalue weighted by atomic mass is 15.0. The molecule has 21 heavy (non-hydrogen) atoms.